The second-order valence-electron chi connectivity index (χ2n) is 4.75. The van der Waals surface area contributed by atoms with Crippen molar-refractivity contribution in [1.29, 1.82) is 5.26 Å². The number of nitrogens with one attached hydrogen (secondary N) is 1. The Labute approximate surface area is 134 Å². The molecule has 0 aliphatic heterocycles. The number of rotatable bonds is 3. The maximum Gasteiger partial charge on any atom is 0.416 e. The molecular weight excluding hydrogens is 324 g/mol. The molecule has 0 aromatic heterocycles. The van der Waals surface area contributed by atoms with E-state index in [0.29, 0.717) is 5.56 Å². The number of alkyl halides is 3. The van der Waals surface area contributed by atoms with Crippen molar-refractivity contribution in [2.24, 2.45) is 0 Å². The van der Waals surface area contributed by atoms with E-state index < -0.39 is 23.5 Å². The molecule has 0 heterocycles. The molecule has 2 aromatic carbocycles. The Bertz CT molecular complexity index is 818. The minimum atomic E-state index is -4.54. The van der Waals surface area contributed by atoms with Crippen LogP contribution in [-0.2, 0) is 11.0 Å². The van der Waals surface area contributed by atoms with E-state index >= 15 is 0 Å². The lowest BCUT2D eigenvalue weighted by Crippen LogP contribution is -2.14. The van der Waals surface area contributed by atoms with Crippen LogP contribution < -0.4 is 5.32 Å². The molecule has 2 aromatic rings. The molecule has 0 saturated heterocycles. The van der Waals surface area contributed by atoms with Crippen LogP contribution in [0.15, 0.2) is 54.1 Å². The molecule has 3 nitrogen and oxygen atoms in total. The summed E-state index contributed by atoms with van der Waals surface area (Å²) in [5.74, 6) is -1.33. The van der Waals surface area contributed by atoms with Crippen LogP contribution in [-0.4, -0.2) is 5.91 Å². The fraction of sp³-hybridized carbons (Fsp3) is 0.0588. The quantitative estimate of drug-likeness (QED) is 0.514. The molecule has 1 amide bonds. The lowest BCUT2D eigenvalue weighted by Gasteiger charge is -2.09. The average molecular weight is 334 g/mol. The van der Waals surface area contributed by atoms with Gasteiger partial charge in [-0.1, -0.05) is 18.2 Å². The molecule has 0 spiro atoms. The third-order valence-electron chi connectivity index (χ3n) is 2.99. The molecule has 24 heavy (non-hydrogen) atoms. The second kappa shape index (κ2) is 6.96. The van der Waals surface area contributed by atoms with Crippen LogP contribution in [0.3, 0.4) is 0 Å². The van der Waals surface area contributed by atoms with Gasteiger partial charge in [0.15, 0.2) is 0 Å². The summed E-state index contributed by atoms with van der Waals surface area (Å²) in [5.41, 5.74) is -0.914. The highest BCUT2D eigenvalue weighted by Gasteiger charge is 2.30. The first-order valence-electron chi connectivity index (χ1n) is 6.65. The first-order chi connectivity index (χ1) is 11.3. The summed E-state index contributed by atoms with van der Waals surface area (Å²) in [6.45, 7) is 0. The lowest BCUT2D eigenvalue weighted by molar-refractivity contribution is -0.137. The van der Waals surface area contributed by atoms with E-state index in [-0.39, 0.29) is 11.3 Å². The van der Waals surface area contributed by atoms with Crippen molar-refractivity contribution in [1.82, 2.24) is 0 Å². The summed E-state index contributed by atoms with van der Waals surface area (Å²) in [5, 5.41) is 11.3. The number of carbonyl (C=O) groups excluding carboxylic acids is 1. The number of benzene rings is 2. The van der Waals surface area contributed by atoms with E-state index in [4.69, 9.17) is 5.26 Å². The number of hydrogen-bond donors (Lipinski definition) is 1. The molecule has 0 fully saturated rings. The summed E-state index contributed by atoms with van der Waals surface area (Å²) in [6.07, 6.45) is -3.33. The summed E-state index contributed by atoms with van der Waals surface area (Å²) in [4.78, 5) is 12.0. The van der Waals surface area contributed by atoms with Crippen molar-refractivity contribution in [2.45, 2.75) is 6.18 Å². The van der Waals surface area contributed by atoms with Gasteiger partial charge in [-0.2, -0.15) is 18.4 Å². The Kier molecular flexibility index (Phi) is 4.99. The van der Waals surface area contributed by atoms with E-state index in [9.17, 15) is 22.4 Å². The standard InChI is InChI=1S/C17H10F4N2O/c18-14-6-4-11(5-7-14)8-12(10-22)16(24)23-15-3-1-2-13(9-15)17(19,20)21/h1-9H,(H,23,24)/b12-8-. The van der Waals surface area contributed by atoms with Crippen LogP contribution in [0.4, 0.5) is 23.2 Å². The molecule has 0 radical (unpaired) electrons. The Morgan fingerprint density at radius 1 is 1.12 bits per heavy atom. The van der Waals surface area contributed by atoms with E-state index in [1.54, 1.807) is 6.07 Å². The number of hydrogen-bond acceptors (Lipinski definition) is 2. The van der Waals surface area contributed by atoms with Crippen LogP contribution in [0.5, 0.6) is 0 Å². The molecular formula is C17H10F4N2O. The largest absolute Gasteiger partial charge is 0.416 e. The van der Waals surface area contributed by atoms with Gasteiger partial charge in [0.2, 0.25) is 0 Å². The van der Waals surface area contributed by atoms with E-state index in [1.807, 2.05) is 0 Å². The number of carbonyl (C=O) groups is 1. The van der Waals surface area contributed by atoms with Crippen molar-refractivity contribution in [3.8, 4) is 6.07 Å². The smallest absolute Gasteiger partial charge is 0.321 e. The Morgan fingerprint density at radius 2 is 1.79 bits per heavy atom. The molecule has 7 heteroatoms. The average Bonchev–Trinajstić information content (AvgIpc) is 2.53. The first-order valence-corrected chi connectivity index (χ1v) is 6.65. The number of amides is 1. The predicted molar refractivity (Wildman–Crippen MR) is 80.1 cm³/mol. The molecule has 1 N–H and O–H groups in total. The van der Waals surface area contributed by atoms with Gasteiger partial charge in [0.25, 0.3) is 5.91 Å². The maximum absolute atomic E-state index is 12.8. The SMILES string of the molecule is N#C/C(=C/c1ccc(F)cc1)C(=O)Nc1cccc(C(F)(F)F)c1. The minimum Gasteiger partial charge on any atom is -0.321 e. The van der Waals surface area contributed by atoms with Gasteiger partial charge in [0, 0.05) is 5.69 Å². The fourth-order valence-electron chi connectivity index (χ4n) is 1.85. The third-order valence-corrected chi connectivity index (χ3v) is 2.99. The van der Waals surface area contributed by atoms with E-state index in [1.165, 1.54) is 24.3 Å². The zero-order chi connectivity index (χ0) is 17.7. The van der Waals surface area contributed by atoms with Gasteiger partial charge in [0.1, 0.15) is 17.5 Å². The Morgan fingerprint density at radius 3 is 2.38 bits per heavy atom. The van der Waals surface area contributed by atoms with Crippen LogP contribution in [0.25, 0.3) is 6.08 Å². The summed E-state index contributed by atoms with van der Waals surface area (Å²) in [6, 6.07) is 10.8. The lowest BCUT2D eigenvalue weighted by atomic mass is 10.1. The van der Waals surface area contributed by atoms with E-state index in [2.05, 4.69) is 5.32 Å². The van der Waals surface area contributed by atoms with Crippen LogP contribution >= 0.6 is 0 Å². The second-order valence-corrected chi connectivity index (χ2v) is 4.75. The van der Waals surface area contributed by atoms with Gasteiger partial charge in [-0.3, -0.25) is 4.79 Å². The molecule has 2 rings (SSSR count). The van der Waals surface area contributed by atoms with E-state index in [0.717, 1.165) is 30.3 Å². The highest BCUT2D eigenvalue weighted by Crippen LogP contribution is 2.30. The minimum absolute atomic E-state index is 0.0879. The molecule has 0 bridgehead atoms. The van der Waals surface area contributed by atoms with Gasteiger partial charge in [0.05, 0.1) is 5.56 Å². The van der Waals surface area contributed by atoms with Crippen molar-refractivity contribution in [3.63, 3.8) is 0 Å². The highest BCUT2D eigenvalue weighted by molar-refractivity contribution is 6.09. The van der Waals surface area contributed by atoms with Crippen molar-refractivity contribution in [3.05, 3.63) is 71.0 Å². The molecule has 0 aliphatic carbocycles. The van der Waals surface area contributed by atoms with Crippen LogP contribution in [0.2, 0.25) is 0 Å². The molecule has 0 saturated carbocycles. The Hall–Kier alpha value is -3.14. The van der Waals surface area contributed by atoms with Gasteiger partial charge >= 0.3 is 6.18 Å². The number of nitrogens with zero attached hydrogens (tertiary/aromatic N) is 1. The van der Waals surface area contributed by atoms with Gasteiger partial charge in [-0.05, 0) is 42.0 Å². The monoisotopic (exact) mass is 334 g/mol. The Balaban J connectivity index is 2.21. The van der Waals surface area contributed by atoms with Crippen molar-refractivity contribution >= 4 is 17.7 Å². The zero-order valence-corrected chi connectivity index (χ0v) is 12.1. The molecule has 0 atom stereocenters. The van der Waals surface area contributed by atoms with Gasteiger partial charge in [-0.15, -0.1) is 0 Å². The number of halogens is 4. The molecule has 0 unspecified atom stereocenters. The van der Waals surface area contributed by atoms with Crippen LogP contribution in [0.1, 0.15) is 11.1 Å². The van der Waals surface area contributed by atoms with Crippen molar-refractivity contribution < 1.29 is 22.4 Å². The summed E-state index contributed by atoms with van der Waals surface area (Å²) in [7, 11) is 0. The predicted octanol–water partition coefficient (Wildman–Crippen LogP) is 4.39. The first kappa shape index (κ1) is 17.2. The van der Waals surface area contributed by atoms with Crippen LogP contribution in [0, 0.1) is 17.1 Å². The molecule has 122 valence electrons. The van der Waals surface area contributed by atoms with Gasteiger partial charge in [-0.25, -0.2) is 4.39 Å². The summed E-state index contributed by atoms with van der Waals surface area (Å²) >= 11 is 0. The normalized spacial score (nSPS) is 11.7. The fourth-order valence-corrected chi connectivity index (χ4v) is 1.85. The maximum atomic E-state index is 12.8. The topological polar surface area (TPSA) is 52.9 Å². The third kappa shape index (κ3) is 4.43. The summed E-state index contributed by atoms with van der Waals surface area (Å²) < 4.78 is 50.8. The zero-order valence-electron chi connectivity index (χ0n) is 12.1. The van der Waals surface area contributed by atoms with Crippen molar-refractivity contribution in [2.75, 3.05) is 5.32 Å². The van der Waals surface area contributed by atoms with Gasteiger partial charge < -0.3 is 5.32 Å². The number of anilines is 1. The molecule has 0 aliphatic rings. The highest BCUT2D eigenvalue weighted by atomic mass is 19.4. The number of nitriles is 1.